The Morgan fingerprint density at radius 1 is 1.32 bits per heavy atom. The smallest absolute Gasteiger partial charge is 0.242 e. The fraction of sp³-hybridized carbons (Fsp3) is 0.533. The predicted octanol–water partition coefficient (Wildman–Crippen LogP) is 2.98. The molecule has 2 rings (SSSR count). The fourth-order valence-corrected chi connectivity index (χ4v) is 4.64. The van der Waals surface area contributed by atoms with Gasteiger partial charge in [-0.2, -0.15) is 4.31 Å². The van der Waals surface area contributed by atoms with Crippen LogP contribution in [-0.4, -0.2) is 37.0 Å². The van der Waals surface area contributed by atoms with E-state index in [1.807, 2.05) is 19.1 Å². The lowest BCUT2D eigenvalue weighted by Gasteiger charge is -2.33. The van der Waals surface area contributed by atoms with Crippen molar-refractivity contribution >= 4 is 37.5 Å². The second-order valence-corrected chi connectivity index (χ2v) is 8.39. The largest absolute Gasteiger partial charge is 0.325 e. The minimum atomic E-state index is -3.36. The van der Waals surface area contributed by atoms with Crippen LogP contribution in [0.1, 0.15) is 32.6 Å². The number of nitrogens with one attached hydrogen (secondary N) is 1. The third-order valence-electron chi connectivity index (χ3n) is 3.69. The minimum Gasteiger partial charge on any atom is -0.325 e. The number of benzene rings is 1. The van der Waals surface area contributed by atoms with Crippen molar-refractivity contribution in [3.8, 4) is 0 Å². The van der Waals surface area contributed by atoms with Crippen LogP contribution in [0.2, 0.25) is 0 Å². The lowest BCUT2D eigenvalue weighted by molar-refractivity contribution is -0.120. The van der Waals surface area contributed by atoms with Crippen LogP contribution < -0.4 is 5.32 Å². The Kier molecular flexibility index (Phi) is 6.00. The lowest BCUT2D eigenvalue weighted by Crippen LogP contribution is -2.50. The van der Waals surface area contributed by atoms with Crippen molar-refractivity contribution < 1.29 is 13.2 Å². The van der Waals surface area contributed by atoms with Gasteiger partial charge >= 0.3 is 0 Å². The normalized spacial score (nSPS) is 19.8. The molecular formula is C15H21BrN2O3S. The molecule has 22 heavy (non-hydrogen) atoms. The summed E-state index contributed by atoms with van der Waals surface area (Å²) in [4.78, 5) is 12.5. The standard InChI is InChI=1S/C15H21BrN2O3S/c1-2-11-22(20,21)18-10-4-3-5-14(18)15(19)17-13-8-6-12(16)7-9-13/h6-9,14H,2-5,10-11H2,1H3,(H,17,19)/t14-/m0/s1. The number of halogens is 1. The Balaban J connectivity index is 2.13. The number of sulfonamides is 1. The number of amides is 1. The maximum Gasteiger partial charge on any atom is 0.242 e. The third-order valence-corrected chi connectivity index (χ3v) is 6.29. The Labute approximate surface area is 140 Å². The van der Waals surface area contributed by atoms with E-state index < -0.39 is 16.1 Å². The van der Waals surface area contributed by atoms with Crippen LogP contribution in [0.15, 0.2) is 28.7 Å². The topological polar surface area (TPSA) is 66.5 Å². The molecular weight excluding hydrogens is 368 g/mol. The fourth-order valence-electron chi connectivity index (χ4n) is 2.63. The van der Waals surface area contributed by atoms with E-state index in [0.29, 0.717) is 25.1 Å². The van der Waals surface area contributed by atoms with E-state index in [9.17, 15) is 13.2 Å². The molecule has 0 bridgehead atoms. The molecule has 1 amide bonds. The first-order valence-electron chi connectivity index (χ1n) is 7.50. The second-order valence-electron chi connectivity index (χ2n) is 5.43. The summed E-state index contributed by atoms with van der Waals surface area (Å²) in [6.45, 7) is 2.26. The Morgan fingerprint density at radius 2 is 2.00 bits per heavy atom. The average Bonchev–Trinajstić information content (AvgIpc) is 2.49. The molecule has 1 N–H and O–H groups in total. The second kappa shape index (κ2) is 7.57. The Morgan fingerprint density at radius 3 is 2.64 bits per heavy atom. The number of carbonyl (C=O) groups excluding carboxylic acids is 1. The van der Waals surface area contributed by atoms with Gasteiger partial charge in [0, 0.05) is 16.7 Å². The maximum atomic E-state index is 12.5. The van der Waals surface area contributed by atoms with Crippen molar-refractivity contribution in [3.05, 3.63) is 28.7 Å². The van der Waals surface area contributed by atoms with Crippen LogP contribution in [0, 0.1) is 0 Å². The summed E-state index contributed by atoms with van der Waals surface area (Å²) in [5.41, 5.74) is 0.673. The van der Waals surface area contributed by atoms with E-state index in [1.165, 1.54) is 4.31 Å². The van der Waals surface area contributed by atoms with E-state index >= 15 is 0 Å². The first kappa shape index (κ1) is 17.4. The average molecular weight is 389 g/mol. The van der Waals surface area contributed by atoms with E-state index in [1.54, 1.807) is 12.1 Å². The van der Waals surface area contributed by atoms with Crippen molar-refractivity contribution in [2.75, 3.05) is 17.6 Å². The van der Waals surface area contributed by atoms with Gasteiger partial charge < -0.3 is 5.32 Å². The monoisotopic (exact) mass is 388 g/mol. The minimum absolute atomic E-state index is 0.0923. The molecule has 7 heteroatoms. The zero-order chi connectivity index (χ0) is 16.2. The Bertz CT molecular complexity index is 616. The number of nitrogens with zero attached hydrogens (tertiary/aromatic N) is 1. The summed E-state index contributed by atoms with van der Waals surface area (Å²) >= 11 is 3.34. The van der Waals surface area contributed by atoms with Gasteiger partial charge in [0.2, 0.25) is 15.9 Å². The molecule has 0 radical (unpaired) electrons. The summed E-state index contributed by atoms with van der Waals surface area (Å²) in [7, 11) is -3.36. The van der Waals surface area contributed by atoms with Crippen LogP contribution in [0.5, 0.6) is 0 Å². The lowest BCUT2D eigenvalue weighted by atomic mass is 10.0. The van der Waals surface area contributed by atoms with Crippen LogP contribution in [0.25, 0.3) is 0 Å². The van der Waals surface area contributed by atoms with Gasteiger partial charge in [0.25, 0.3) is 0 Å². The van der Waals surface area contributed by atoms with Crippen molar-refractivity contribution in [2.45, 2.75) is 38.6 Å². The van der Waals surface area contributed by atoms with Gasteiger partial charge in [0.05, 0.1) is 5.75 Å². The zero-order valence-electron chi connectivity index (χ0n) is 12.6. The summed E-state index contributed by atoms with van der Waals surface area (Å²) in [5.74, 6) is -0.156. The number of hydrogen-bond donors (Lipinski definition) is 1. The van der Waals surface area contributed by atoms with Crippen LogP contribution >= 0.6 is 15.9 Å². The zero-order valence-corrected chi connectivity index (χ0v) is 15.0. The molecule has 1 heterocycles. The molecule has 1 aliphatic rings. The molecule has 1 saturated heterocycles. The molecule has 1 fully saturated rings. The highest BCUT2D eigenvalue weighted by molar-refractivity contribution is 9.10. The number of rotatable bonds is 5. The third kappa shape index (κ3) is 4.30. The molecule has 0 aromatic heterocycles. The SMILES string of the molecule is CCCS(=O)(=O)N1CCCC[C@H]1C(=O)Nc1ccc(Br)cc1. The number of hydrogen-bond acceptors (Lipinski definition) is 3. The van der Waals surface area contributed by atoms with E-state index in [2.05, 4.69) is 21.2 Å². The van der Waals surface area contributed by atoms with Gasteiger partial charge in [-0.15, -0.1) is 0 Å². The van der Waals surface area contributed by atoms with E-state index in [0.717, 1.165) is 17.3 Å². The summed E-state index contributed by atoms with van der Waals surface area (Å²) in [6.07, 6.45) is 2.81. The van der Waals surface area contributed by atoms with Crippen molar-refractivity contribution in [1.82, 2.24) is 4.31 Å². The number of carbonyl (C=O) groups is 1. The molecule has 1 aliphatic heterocycles. The highest BCUT2D eigenvalue weighted by Gasteiger charge is 2.36. The van der Waals surface area contributed by atoms with Gasteiger partial charge in [0.1, 0.15) is 6.04 Å². The molecule has 1 aromatic carbocycles. The summed E-state index contributed by atoms with van der Waals surface area (Å²) < 4.78 is 27.0. The molecule has 0 aliphatic carbocycles. The first-order chi connectivity index (χ1) is 10.4. The first-order valence-corrected chi connectivity index (χ1v) is 9.90. The van der Waals surface area contributed by atoms with E-state index in [-0.39, 0.29) is 11.7 Å². The maximum absolute atomic E-state index is 12.5. The Hall–Kier alpha value is -0.920. The molecule has 5 nitrogen and oxygen atoms in total. The van der Waals surface area contributed by atoms with E-state index in [4.69, 9.17) is 0 Å². The molecule has 0 saturated carbocycles. The van der Waals surface area contributed by atoms with Gasteiger partial charge in [-0.3, -0.25) is 4.79 Å². The number of anilines is 1. The van der Waals surface area contributed by atoms with Crippen molar-refractivity contribution in [1.29, 1.82) is 0 Å². The van der Waals surface area contributed by atoms with Gasteiger partial charge in [-0.05, 0) is 43.5 Å². The summed E-state index contributed by atoms with van der Waals surface area (Å²) in [6, 6.07) is 6.64. The van der Waals surface area contributed by atoms with Gasteiger partial charge in [0.15, 0.2) is 0 Å². The highest BCUT2D eigenvalue weighted by atomic mass is 79.9. The van der Waals surface area contributed by atoms with Gasteiger partial charge in [-0.1, -0.05) is 29.3 Å². The quantitative estimate of drug-likeness (QED) is 0.842. The van der Waals surface area contributed by atoms with Crippen molar-refractivity contribution in [3.63, 3.8) is 0 Å². The molecule has 1 atom stereocenters. The van der Waals surface area contributed by atoms with Crippen molar-refractivity contribution in [2.24, 2.45) is 0 Å². The van der Waals surface area contributed by atoms with Crippen LogP contribution in [0.4, 0.5) is 5.69 Å². The predicted molar refractivity (Wildman–Crippen MR) is 91.2 cm³/mol. The molecule has 1 aromatic rings. The molecule has 0 unspecified atom stereocenters. The highest BCUT2D eigenvalue weighted by Crippen LogP contribution is 2.23. The molecule has 122 valence electrons. The van der Waals surface area contributed by atoms with Crippen LogP contribution in [0.3, 0.4) is 0 Å². The molecule has 0 spiro atoms. The van der Waals surface area contributed by atoms with Crippen LogP contribution in [-0.2, 0) is 14.8 Å². The summed E-state index contributed by atoms with van der Waals surface area (Å²) in [5, 5.41) is 2.82. The van der Waals surface area contributed by atoms with Gasteiger partial charge in [-0.25, -0.2) is 8.42 Å². The number of piperidine rings is 1.